The number of aromatic nitrogens is 1. The van der Waals surface area contributed by atoms with Crippen molar-refractivity contribution in [1.29, 1.82) is 0 Å². The Hall–Kier alpha value is -2.80. The van der Waals surface area contributed by atoms with Gasteiger partial charge in [0.25, 0.3) is 17.4 Å². The lowest BCUT2D eigenvalue weighted by Gasteiger charge is -2.55. The van der Waals surface area contributed by atoms with E-state index in [1.807, 2.05) is 43.0 Å². The van der Waals surface area contributed by atoms with Gasteiger partial charge in [0, 0.05) is 70.0 Å². The van der Waals surface area contributed by atoms with Gasteiger partial charge in [0.15, 0.2) is 9.84 Å². The molecule has 1 N–H and O–H groups in total. The van der Waals surface area contributed by atoms with Crippen molar-refractivity contribution in [2.45, 2.75) is 76.2 Å². The van der Waals surface area contributed by atoms with E-state index >= 15 is 0 Å². The number of piperidine rings is 1. The Balaban J connectivity index is 0.955. The molecule has 5 aliphatic rings. The Morgan fingerprint density at radius 1 is 1.00 bits per heavy atom. The average Bonchev–Trinajstić information content (AvgIpc) is 3.55. The summed E-state index contributed by atoms with van der Waals surface area (Å²) in [5.41, 5.74) is 0.700. The molecule has 3 unspecified atom stereocenters. The minimum absolute atomic E-state index is 0.0387. The Labute approximate surface area is 259 Å². The number of nitrogens with one attached hydrogen (secondary N) is 1. The van der Waals surface area contributed by atoms with Gasteiger partial charge in [-0.2, -0.15) is 0 Å². The zero-order valence-corrected chi connectivity index (χ0v) is 26.6. The highest BCUT2D eigenvalue weighted by Gasteiger charge is 2.45. The number of para-hydroxylation sites is 1. The van der Waals surface area contributed by atoms with Crippen LogP contribution in [-0.4, -0.2) is 121 Å². The summed E-state index contributed by atoms with van der Waals surface area (Å²) >= 11 is 0. The molecule has 1 aromatic heterocycles. The van der Waals surface area contributed by atoms with Crippen molar-refractivity contribution in [3.63, 3.8) is 0 Å². The summed E-state index contributed by atoms with van der Waals surface area (Å²) in [6, 6.07) is 9.68. The second kappa shape index (κ2) is 12.9. The third kappa shape index (κ3) is 6.59. The van der Waals surface area contributed by atoms with Crippen LogP contribution in [0.2, 0.25) is 0 Å². The van der Waals surface area contributed by atoms with Crippen LogP contribution in [0.3, 0.4) is 0 Å². The molecule has 240 valence electrons. The van der Waals surface area contributed by atoms with Gasteiger partial charge in [0.1, 0.15) is 11.7 Å². The molecule has 3 atom stereocenters. The van der Waals surface area contributed by atoms with E-state index in [9.17, 15) is 22.8 Å². The van der Waals surface area contributed by atoms with Crippen LogP contribution in [0.5, 0.6) is 0 Å². The molecule has 0 spiro atoms. The molecule has 44 heavy (non-hydrogen) atoms. The molecule has 2 bridgehead atoms. The van der Waals surface area contributed by atoms with E-state index in [0.29, 0.717) is 45.9 Å². The first-order chi connectivity index (χ1) is 21.1. The number of sulfone groups is 1. The monoisotopic (exact) mass is 627 g/mol. The summed E-state index contributed by atoms with van der Waals surface area (Å²) in [5, 5.41) is 3.97. The van der Waals surface area contributed by atoms with E-state index < -0.39 is 9.84 Å². The first-order valence-electron chi connectivity index (χ1n) is 16.1. The van der Waals surface area contributed by atoms with Crippen molar-refractivity contribution in [2.75, 3.05) is 57.4 Å². The Kier molecular flexibility index (Phi) is 9.15. The summed E-state index contributed by atoms with van der Waals surface area (Å²) in [5.74, 6) is -0.0263. The largest absolute Gasteiger partial charge is 0.368 e. The maximum atomic E-state index is 13.3. The predicted molar refractivity (Wildman–Crippen MR) is 169 cm³/mol. The van der Waals surface area contributed by atoms with Gasteiger partial charge < -0.3 is 19.5 Å². The number of ether oxygens (including phenoxy) is 1. The maximum Gasteiger partial charge on any atom is 0.264 e. The van der Waals surface area contributed by atoms with Crippen LogP contribution in [-0.2, 0) is 19.4 Å². The van der Waals surface area contributed by atoms with Gasteiger partial charge in [-0.25, -0.2) is 8.42 Å². The first-order valence-corrected chi connectivity index (χ1v) is 18.0. The average molecular weight is 628 g/mol. The summed E-state index contributed by atoms with van der Waals surface area (Å²) < 4.78 is 33.1. The molecule has 1 aromatic carbocycles. The molecule has 4 aliphatic heterocycles. The fourth-order valence-corrected chi connectivity index (χ4v) is 8.68. The van der Waals surface area contributed by atoms with E-state index in [4.69, 9.17) is 4.74 Å². The molecule has 1 saturated carbocycles. The number of hydrogen-bond acceptors (Lipinski definition) is 8. The van der Waals surface area contributed by atoms with E-state index in [1.165, 1.54) is 0 Å². The van der Waals surface area contributed by atoms with E-state index in [0.717, 1.165) is 43.0 Å². The molecule has 2 amide bonds. The highest BCUT2D eigenvalue weighted by molar-refractivity contribution is 7.91. The van der Waals surface area contributed by atoms with Crippen LogP contribution in [0, 0.1) is 0 Å². The van der Waals surface area contributed by atoms with Gasteiger partial charge in [-0.05, 0) is 63.5 Å². The summed E-state index contributed by atoms with van der Waals surface area (Å²) in [6.07, 6.45) is 3.93. The smallest absolute Gasteiger partial charge is 0.264 e. The van der Waals surface area contributed by atoms with Crippen LogP contribution in [0.25, 0.3) is 10.9 Å². The molecule has 1 aliphatic carbocycles. The minimum Gasteiger partial charge on any atom is -0.368 e. The van der Waals surface area contributed by atoms with E-state index in [2.05, 4.69) is 15.1 Å². The lowest BCUT2D eigenvalue weighted by molar-refractivity contribution is -0.142. The minimum atomic E-state index is -3.22. The van der Waals surface area contributed by atoms with Crippen LogP contribution in [0.1, 0.15) is 62.4 Å². The molecule has 5 fully saturated rings. The normalized spacial score (nSPS) is 26.2. The SMILES string of the molecule is CC(C)n1c(=O)c(C(=O)NC2CC3CC(C2)N3CCS(=O)(=O)CCN2CCN(C(=O)C3CCCO3)CC2)cc2ccccc21. The van der Waals surface area contributed by atoms with Crippen LogP contribution in [0.4, 0.5) is 0 Å². The first kappa shape index (κ1) is 31.2. The molecule has 12 heteroatoms. The third-order valence-corrected chi connectivity index (χ3v) is 11.5. The van der Waals surface area contributed by atoms with E-state index in [-0.39, 0.29) is 64.7 Å². The zero-order valence-electron chi connectivity index (χ0n) is 25.8. The standard InChI is InChI=1S/C32H45N5O6S/c1-22(2)37-28-7-4-3-6-23(28)18-27(31(37)39)30(38)33-24-19-25-21-26(20-24)36(25)14-17-44(41,42)16-13-34-9-11-35(12-10-34)32(40)29-8-5-15-43-29/h3-4,6-7,18,22,24-26,29H,5,8-17,19-21H2,1-2H3,(H,33,38). The molecular formula is C32H45N5O6S. The van der Waals surface area contributed by atoms with Crippen LogP contribution < -0.4 is 10.9 Å². The molecule has 5 heterocycles. The Morgan fingerprint density at radius 2 is 1.70 bits per heavy atom. The van der Waals surface area contributed by atoms with Crippen LogP contribution in [0.15, 0.2) is 35.1 Å². The lowest BCUT2D eigenvalue weighted by Crippen LogP contribution is -2.65. The number of hydrogen-bond donors (Lipinski definition) is 1. The molecule has 7 rings (SSSR count). The quantitative estimate of drug-likeness (QED) is 0.422. The van der Waals surface area contributed by atoms with Crippen molar-refractivity contribution < 1.29 is 22.7 Å². The van der Waals surface area contributed by atoms with Gasteiger partial charge in [-0.1, -0.05) is 18.2 Å². The van der Waals surface area contributed by atoms with Crippen molar-refractivity contribution >= 4 is 32.6 Å². The second-order valence-electron chi connectivity index (χ2n) is 13.1. The van der Waals surface area contributed by atoms with Crippen molar-refractivity contribution in [3.05, 3.63) is 46.2 Å². The van der Waals surface area contributed by atoms with Crippen molar-refractivity contribution in [2.24, 2.45) is 0 Å². The van der Waals surface area contributed by atoms with Gasteiger partial charge in [-0.3, -0.25) is 24.2 Å². The fraction of sp³-hybridized carbons (Fsp3) is 0.656. The summed E-state index contributed by atoms with van der Waals surface area (Å²) in [6.45, 7) is 8.12. The zero-order chi connectivity index (χ0) is 31.0. The van der Waals surface area contributed by atoms with Gasteiger partial charge >= 0.3 is 0 Å². The molecule has 0 radical (unpaired) electrons. The lowest BCUT2D eigenvalue weighted by atomic mass is 9.77. The summed E-state index contributed by atoms with van der Waals surface area (Å²) in [4.78, 5) is 45.4. The molecule has 4 saturated heterocycles. The van der Waals surface area contributed by atoms with Gasteiger partial charge in [0.05, 0.1) is 17.0 Å². The predicted octanol–water partition coefficient (Wildman–Crippen LogP) is 1.66. The number of pyridine rings is 1. The van der Waals surface area contributed by atoms with Crippen molar-refractivity contribution in [3.8, 4) is 0 Å². The molecule has 2 aromatic rings. The maximum absolute atomic E-state index is 13.3. The Morgan fingerprint density at radius 3 is 2.39 bits per heavy atom. The number of nitrogens with zero attached hydrogens (tertiary/aromatic N) is 4. The van der Waals surface area contributed by atoms with Gasteiger partial charge in [0.2, 0.25) is 0 Å². The highest BCUT2D eigenvalue weighted by Crippen LogP contribution is 2.38. The van der Waals surface area contributed by atoms with E-state index in [1.54, 1.807) is 10.6 Å². The van der Waals surface area contributed by atoms with Crippen molar-refractivity contribution in [1.82, 2.24) is 24.6 Å². The molecular weight excluding hydrogens is 582 g/mol. The third-order valence-electron chi connectivity index (χ3n) is 9.91. The number of benzene rings is 1. The molecule has 11 nitrogen and oxygen atoms in total. The second-order valence-corrected chi connectivity index (χ2v) is 15.4. The van der Waals surface area contributed by atoms with Gasteiger partial charge in [-0.15, -0.1) is 0 Å². The fourth-order valence-electron chi connectivity index (χ4n) is 7.45. The van der Waals surface area contributed by atoms with Crippen LogP contribution >= 0.6 is 0 Å². The highest BCUT2D eigenvalue weighted by atomic mass is 32.2. The number of carbonyl (C=O) groups excluding carboxylic acids is 2. The number of carbonyl (C=O) groups is 2. The number of rotatable bonds is 10. The number of amides is 2. The summed E-state index contributed by atoms with van der Waals surface area (Å²) in [7, 11) is -3.22. The Bertz CT molecular complexity index is 1530. The number of piperazine rings is 1. The topological polar surface area (TPSA) is 121 Å². The number of fused-ring (bicyclic) bond motifs is 3.